The molecule has 0 aromatic heterocycles. The maximum atomic E-state index is 12.4. The molecule has 120 valence electrons. The van der Waals surface area contributed by atoms with Crippen molar-refractivity contribution in [2.24, 2.45) is 11.8 Å². The van der Waals surface area contributed by atoms with Gasteiger partial charge in [0.2, 0.25) is 0 Å². The quantitative estimate of drug-likeness (QED) is 0.878. The molecule has 3 aliphatic rings. The molecule has 1 unspecified atom stereocenters. The summed E-state index contributed by atoms with van der Waals surface area (Å²) < 4.78 is 0. The van der Waals surface area contributed by atoms with Crippen LogP contribution >= 0.6 is 0 Å². The van der Waals surface area contributed by atoms with Crippen molar-refractivity contribution < 1.29 is 4.79 Å². The third-order valence-electron chi connectivity index (χ3n) is 5.48. The van der Waals surface area contributed by atoms with E-state index in [9.17, 15) is 4.79 Å². The van der Waals surface area contributed by atoms with E-state index in [0.29, 0.717) is 6.04 Å². The number of piperidine rings is 3. The van der Waals surface area contributed by atoms with E-state index in [1.807, 2.05) is 31.3 Å². The first-order chi connectivity index (χ1) is 10.7. The van der Waals surface area contributed by atoms with Crippen LogP contribution in [0.1, 0.15) is 36.5 Å². The number of benzene rings is 1. The normalized spacial score (nSPS) is 30.1. The van der Waals surface area contributed by atoms with Crippen molar-refractivity contribution in [3.05, 3.63) is 29.8 Å². The largest absolute Gasteiger partial charge is 0.387 e. The molecule has 4 heteroatoms. The van der Waals surface area contributed by atoms with E-state index in [4.69, 9.17) is 0 Å². The van der Waals surface area contributed by atoms with E-state index in [-0.39, 0.29) is 5.91 Å². The van der Waals surface area contributed by atoms with E-state index in [1.165, 1.54) is 32.4 Å². The molecule has 0 aliphatic carbocycles. The SMILES string of the molecule is CC[C@H]1CN2CC[C@H]1C[C@H]2CNC(=O)c1ccccc1NC. The lowest BCUT2D eigenvalue weighted by molar-refractivity contribution is 0.000729. The van der Waals surface area contributed by atoms with Gasteiger partial charge in [-0.2, -0.15) is 0 Å². The van der Waals surface area contributed by atoms with E-state index < -0.39 is 0 Å². The molecule has 1 aromatic carbocycles. The molecular formula is C18H27N3O. The number of amides is 1. The predicted molar refractivity (Wildman–Crippen MR) is 90.2 cm³/mol. The minimum atomic E-state index is 0.0274. The first-order valence-electron chi connectivity index (χ1n) is 8.52. The molecule has 0 radical (unpaired) electrons. The van der Waals surface area contributed by atoms with Gasteiger partial charge >= 0.3 is 0 Å². The molecule has 4 atom stereocenters. The first-order valence-corrected chi connectivity index (χ1v) is 8.52. The Kier molecular flexibility index (Phi) is 4.67. The zero-order chi connectivity index (χ0) is 15.5. The van der Waals surface area contributed by atoms with Gasteiger partial charge in [0.05, 0.1) is 5.56 Å². The highest BCUT2D eigenvalue weighted by molar-refractivity contribution is 5.99. The highest BCUT2D eigenvalue weighted by Crippen LogP contribution is 2.37. The van der Waals surface area contributed by atoms with Crippen LogP contribution in [0.15, 0.2) is 24.3 Å². The first kappa shape index (κ1) is 15.3. The Hall–Kier alpha value is -1.55. The topological polar surface area (TPSA) is 44.4 Å². The summed E-state index contributed by atoms with van der Waals surface area (Å²) in [4.78, 5) is 15.0. The summed E-state index contributed by atoms with van der Waals surface area (Å²) in [7, 11) is 1.85. The van der Waals surface area contributed by atoms with Crippen LogP contribution in [0, 0.1) is 11.8 Å². The average Bonchev–Trinajstić information content (AvgIpc) is 2.59. The summed E-state index contributed by atoms with van der Waals surface area (Å²) in [5.41, 5.74) is 1.61. The second-order valence-corrected chi connectivity index (χ2v) is 6.61. The summed E-state index contributed by atoms with van der Waals surface area (Å²) in [6.07, 6.45) is 3.87. The average molecular weight is 301 g/mol. The Morgan fingerprint density at radius 3 is 2.86 bits per heavy atom. The van der Waals surface area contributed by atoms with Gasteiger partial charge in [-0.15, -0.1) is 0 Å². The molecule has 3 saturated heterocycles. The van der Waals surface area contributed by atoms with Crippen LogP contribution < -0.4 is 10.6 Å². The molecule has 22 heavy (non-hydrogen) atoms. The van der Waals surface area contributed by atoms with Crippen molar-refractivity contribution in [3.63, 3.8) is 0 Å². The van der Waals surface area contributed by atoms with Gasteiger partial charge in [0.25, 0.3) is 5.91 Å². The van der Waals surface area contributed by atoms with Crippen molar-refractivity contribution in [2.45, 2.75) is 32.2 Å². The van der Waals surface area contributed by atoms with Crippen molar-refractivity contribution in [2.75, 3.05) is 32.0 Å². The number of rotatable bonds is 5. The van der Waals surface area contributed by atoms with Gasteiger partial charge in [-0.3, -0.25) is 9.69 Å². The summed E-state index contributed by atoms with van der Waals surface area (Å²) in [5.74, 6) is 1.76. The molecule has 3 fully saturated rings. The smallest absolute Gasteiger partial charge is 0.253 e. The van der Waals surface area contributed by atoms with E-state index in [2.05, 4.69) is 22.5 Å². The number of carbonyl (C=O) groups is 1. The van der Waals surface area contributed by atoms with Gasteiger partial charge in [-0.1, -0.05) is 25.5 Å². The van der Waals surface area contributed by atoms with Crippen LogP contribution in [0.25, 0.3) is 0 Å². The Morgan fingerprint density at radius 1 is 1.36 bits per heavy atom. The summed E-state index contributed by atoms with van der Waals surface area (Å²) >= 11 is 0. The molecule has 1 amide bonds. The number of fused-ring (bicyclic) bond motifs is 3. The summed E-state index contributed by atoms with van der Waals surface area (Å²) in [6, 6.07) is 8.19. The fourth-order valence-electron chi connectivity index (χ4n) is 4.13. The second kappa shape index (κ2) is 6.69. The minimum absolute atomic E-state index is 0.0274. The highest BCUT2D eigenvalue weighted by atomic mass is 16.1. The number of anilines is 1. The standard InChI is InChI=1S/C18H27N3O/c1-3-13-12-21-9-8-14(13)10-15(21)11-20-18(22)16-6-4-5-7-17(16)19-2/h4-7,13-15,19H,3,8-12H2,1-2H3,(H,20,22)/t13-,14-,15-/m0/s1. The zero-order valence-corrected chi connectivity index (χ0v) is 13.6. The molecule has 4 rings (SSSR count). The van der Waals surface area contributed by atoms with Gasteiger partial charge in [-0.05, 0) is 43.4 Å². The van der Waals surface area contributed by atoms with Crippen LogP contribution in [0.2, 0.25) is 0 Å². The van der Waals surface area contributed by atoms with Crippen molar-refractivity contribution in [1.29, 1.82) is 0 Å². The second-order valence-electron chi connectivity index (χ2n) is 6.61. The Labute approximate surface area is 133 Å². The van der Waals surface area contributed by atoms with Gasteiger partial charge in [0, 0.05) is 31.9 Å². The van der Waals surface area contributed by atoms with Crippen LogP contribution in [0.4, 0.5) is 5.69 Å². The molecule has 1 aromatic rings. The number of hydrogen-bond acceptors (Lipinski definition) is 3. The molecule has 2 N–H and O–H groups in total. The number of para-hydroxylation sites is 1. The number of nitrogens with one attached hydrogen (secondary N) is 2. The minimum Gasteiger partial charge on any atom is -0.387 e. The lowest BCUT2D eigenvalue weighted by Gasteiger charge is -2.50. The Bertz CT molecular complexity index is 531. The van der Waals surface area contributed by atoms with Crippen LogP contribution in [-0.2, 0) is 0 Å². The predicted octanol–water partition coefficient (Wildman–Crippen LogP) is 2.58. The summed E-state index contributed by atoms with van der Waals surface area (Å²) in [5, 5.41) is 6.22. The number of hydrogen-bond donors (Lipinski definition) is 2. The van der Waals surface area contributed by atoms with Crippen LogP contribution in [-0.4, -0.2) is 43.5 Å². The number of carbonyl (C=O) groups excluding carboxylic acids is 1. The third-order valence-corrected chi connectivity index (χ3v) is 5.48. The molecule has 4 nitrogen and oxygen atoms in total. The van der Waals surface area contributed by atoms with Gasteiger partial charge < -0.3 is 10.6 Å². The van der Waals surface area contributed by atoms with E-state index in [0.717, 1.165) is 29.6 Å². The molecular weight excluding hydrogens is 274 g/mol. The molecule has 0 spiro atoms. The van der Waals surface area contributed by atoms with E-state index in [1.54, 1.807) is 0 Å². The molecule has 2 bridgehead atoms. The van der Waals surface area contributed by atoms with Gasteiger partial charge in [-0.25, -0.2) is 0 Å². The van der Waals surface area contributed by atoms with Crippen LogP contribution in [0.3, 0.4) is 0 Å². The highest BCUT2D eigenvalue weighted by Gasteiger charge is 2.39. The van der Waals surface area contributed by atoms with Crippen molar-refractivity contribution in [1.82, 2.24) is 10.2 Å². The summed E-state index contributed by atoms with van der Waals surface area (Å²) in [6.45, 7) is 5.49. The third kappa shape index (κ3) is 2.98. The molecule has 3 aliphatic heterocycles. The molecule has 0 saturated carbocycles. The monoisotopic (exact) mass is 301 g/mol. The molecule has 3 heterocycles. The fourth-order valence-corrected chi connectivity index (χ4v) is 4.13. The van der Waals surface area contributed by atoms with Crippen molar-refractivity contribution >= 4 is 11.6 Å². The maximum absolute atomic E-state index is 12.4. The lowest BCUT2D eigenvalue weighted by atomic mass is 9.74. The van der Waals surface area contributed by atoms with E-state index >= 15 is 0 Å². The zero-order valence-electron chi connectivity index (χ0n) is 13.6. The van der Waals surface area contributed by atoms with Crippen molar-refractivity contribution in [3.8, 4) is 0 Å². The Morgan fingerprint density at radius 2 is 2.18 bits per heavy atom. The Balaban J connectivity index is 1.58. The lowest BCUT2D eigenvalue weighted by Crippen LogP contribution is -2.56. The van der Waals surface area contributed by atoms with Crippen LogP contribution in [0.5, 0.6) is 0 Å². The van der Waals surface area contributed by atoms with Gasteiger partial charge in [0.15, 0.2) is 0 Å². The van der Waals surface area contributed by atoms with Gasteiger partial charge in [0.1, 0.15) is 0 Å². The maximum Gasteiger partial charge on any atom is 0.253 e. The fraction of sp³-hybridized carbons (Fsp3) is 0.611. The number of nitrogens with zero attached hydrogens (tertiary/aromatic N) is 1.